The van der Waals surface area contributed by atoms with E-state index in [1.165, 1.54) is 16.2 Å². The Bertz CT molecular complexity index is 1180. The number of carbonyl (C=O) groups excluding carboxylic acids is 2. The highest BCUT2D eigenvalue weighted by Gasteiger charge is 2.35. The summed E-state index contributed by atoms with van der Waals surface area (Å²) in [6, 6.07) is 17.6. The number of thiophene rings is 1. The molecule has 156 valence electrons. The zero-order chi connectivity index (χ0) is 22.0. The van der Waals surface area contributed by atoms with E-state index in [0.29, 0.717) is 10.7 Å². The van der Waals surface area contributed by atoms with E-state index >= 15 is 0 Å². The lowest BCUT2D eigenvalue weighted by molar-refractivity contribution is -0.123. The summed E-state index contributed by atoms with van der Waals surface area (Å²) in [6.45, 7) is 0.206. The number of imide groups is 1. The van der Waals surface area contributed by atoms with Crippen molar-refractivity contribution in [3.05, 3.63) is 81.6 Å². The van der Waals surface area contributed by atoms with E-state index in [1.54, 1.807) is 49.6 Å². The molecule has 0 spiro atoms. The monoisotopic (exact) mass is 451 g/mol. The van der Waals surface area contributed by atoms with Gasteiger partial charge in [0.1, 0.15) is 5.75 Å². The lowest BCUT2D eigenvalue weighted by Gasteiger charge is -2.12. The maximum atomic E-state index is 12.8. The highest BCUT2D eigenvalue weighted by Crippen LogP contribution is 2.36. The van der Waals surface area contributed by atoms with Crippen LogP contribution in [-0.2, 0) is 11.3 Å². The van der Waals surface area contributed by atoms with E-state index in [-0.39, 0.29) is 23.3 Å². The van der Waals surface area contributed by atoms with E-state index in [0.717, 1.165) is 32.6 Å². The molecule has 0 atom stereocenters. The number of rotatable bonds is 6. The van der Waals surface area contributed by atoms with Crippen molar-refractivity contribution in [2.75, 3.05) is 7.11 Å². The molecule has 1 aliphatic rings. The van der Waals surface area contributed by atoms with Crippen LogP contribution in [0.4, 0.5) is 4.79 Å². The van der Waals surface area contributed by atoms with Crippen LogP contribution in [0, 0.1) is 0 Å². The lowest BCUT2D eigenvalue weighted by Crippen LogP contribution is -2.27. The van der Waals surface area contributed by atoms with Crippen molar-refractivity contribution < 1.29 is 24.2 Å². The van der Waals surface area contributed by atoms with Crippen LogP contribution in [0.2, 0.25) is 0 Å². The number of benzene rings is 2. The maximum Gasteiger partial charge on any atom is 0.335 e. The summed E-state index contributed by atoms with van der Waals surface area (Å²) in [5.41, 5.74) is 1.96. The average molecular weight is 452 g/mol. The fraction of sp³-hybridized carbons (Fsp3) is 0.0870. The second kappa shape index (κ2) is 8.79. The van der Waals surface area contributed by atoms with Crippen molar-refractivity contribution in [2.24, 2.45) is 0 Å². The summed E-state index contributed by atoms with van der Waals surface area (Å²) in [5.74, 6) is -0.570. The Morgan fingerprint density at radius 1 is 1.03 bits per heavy atom. The molecule has 1 aliphatic heterocycles. The molecule has 0 bridgehead atoms. The molecule has 1 fully saturated rings. The van der Waals surface area contributed by atoms with Gasteiger partial charge in [0.05, 0.1) is 24.1 Å². The molecule has 0 radical (unpaired) electrons. The van der Waals surface area contributed by atoms with Crippen molar-refractivity contribution in [1.29, 1.82) is 0 Å². The number of thioether (sulfide) groups is 1. The minimum Gasteiger partial charge on any atom is -0.497 e. The van der Waals surface area contributed by atoms with Crippen LogP contribution >= 0.6 is 23.1 Å². The first-order chi connectivity index (χ1) is 14.9. The summed E-state index contributed by atoms with van der Waals surface area (Å²) < 4.78 is 5.13. The van der Waals surface area contributed by atoms with Crippen molar-refractivity contribution >= 4 is 46.3 Å². The number of amides is 2. The SMILES string of the molecule is COc1ccc(CN2C(=O)SC(=Cc3ccc(-c4ccc(C(=O)O)cc4)s3)C2=O)cc1. The first-order valence-electron chi connectivity index (χ1n) is 9.26. The molecule has 1 N–H and O–H groups in total. The highest BCUT2D eigenvalue weighted by molar-refractivity contribution is 8.18. The van der Waals surface area contributed by atoms with Crippen LogP contribution in [-0.4, -0.2) is 34.2 Å². The fourth-order valence-corrected chi connectivity index (χ4v) is 4.90. The molecule has 1 saturated heterocycles. The zero-order valence-corrected chi connectivity index (χ0v) is 18.0. The Labute approximate surface area is 186 Å². The summed E-state index contributed by atoms with van der Waals surface area (Å²) in [4.78, 5) is 39.5. The minimum atomic E-state index is -0.969. The Hall–Kier alpha value is -3.36. The van der Waals surface area contributed by atoms with E-state index in [2.05, 4.69) is 0 Å². The Kier molecular flexibility index (Phi) is 5.92. The zero-order valence-electron chi connectivity index (χ0n) is 16.4. The Morgan fingerprint density at radius 2 is 1.74 bits per heavy atom. The van der Waals surface area contributed by atoms with Gasteiger partial charge in [-0.15, -0.1) is 11.3 Å². The molecule has 2 amide bonds. The molecule has 0 unspecified atom stereocenters. The molecule has 8 heteroatoms. The van der Waals surface area contributed by atoms with Gasteiger partial charge in [-0.1, -0.05) is 24.3 Å². The Morgan fingerprint density at radius 3 is 2.39 bits per heavy atom. The maximum absolute atomic E-state index is 12.8. The van der Waals surface area contributed by atoms with Crippen LogP contribution in [0.15, 0.2) is 65.6 Å². The first-order valence-corrected chi connectivity index (χ1v) is 10.9. The van der Waals surface area contributed by atoms with Crippen LogP contribution in [0.1, 0.15) is 20.8 Å². The third-order valence-corrected chi connectivity index (χ3v) is 6.68. The normalized spacial score (nSPS) is 15.0. The predicted octanol–water partition coefficient (Wildman–Crippen LogP) is 5.36. The van der Waals surface area contributed by atoms with Gasteiger partial charge in [-0.25, -0.2) is 4.79 Å². The van der Waals surface area contributed by atoms with Crippen molar-refractivity contribution in [3.8, 4) is 16.2 Å². The number of hydrogen-bond acceptors (Lipinski definition) is 6. The van der Waals surface area contributed by atoms with Crippen molar-refractivity contribution in [2.45, 2.75) is 6.54 Å². The van der Waals surface area contributed by atoms with Gasteiger partial charge in [0.15, 0.2) is 0 Å². The molecule has 4 rings (SSSR count). The molecule has 2 aromatic carbocycles. The number of methoxy groups -OCH3 is 1. The second-order valence-corrected chi connectivity index (χ2v) is 8.81. The largest absolute Gasteiger partial charge is 0.497 e. The summed E-state index contributed by atoms with van der Waals surface area (Å²) in [5, 5.41) is 8.72. The number of aromatic carboxylic acids is 1. The predicted molar refractivity (Wildman–Crippen MR) is 121 cm³/mol. The number of hydrogen-bond donors (Lipinski definition) is 1. The lowest BCUT2D eigenvalue weighted by atomic mass is 10.1. The number of carboxylic acids is 1. The molecule has 0 saturated carbocycles. The standard InChI is InChI=1S/C23H17NO5S2/c1-29-17-8-2-14(3-9-17)13-24-21(25)20(31-23(24)28)12-18-10-11-19(30-18)15-4-6-16(7-5-15)22(26)27/h2-12H,13H2,1H3,(H,26,27). The van der Waals surface area contributed by atoms with E-state index in [9.17, 15) is 14.4 Å². The van der Waals surface area contributed by atoms with Crippen LogP contribution in [0.3, 0.4) is 0 Å². The average Bonchev–Trinajstić information content (AvgIpc) is 3.35. The minimum absolute atomic E-state index is 0.206. The summed E-state index contributed by atoms with van der Waals surface area (Å²) in [6.07, 6.45) is 1.72. The summed E-state index contributed by atoms with van der Waals surface area (Å²) in [7, 11) is 1.58. The highest BCUT2D eigenvalue weighted by atomic mass is 32.2. The van der Waals surface area contributed by atoms with Crippen LogP contribution in [0.5, 0.6) is 5.75 Å². The van der Waals surface area contributed by atoms with Gasteiger partial charge in [-0.05, 0) is 65.4 Å². The first kappa shape index (κ1) is 20.9. The topological polar surface area (TPSA) is 83.9 Å². The fourth-order valence-electron chi connectivity index (χ4n) is 3.04. The molecule has 31 heavy (non-hydrogen) atoms. The van der Waals surface area contributed by atoms with Crippen molar-refractivity contribution in [1.82, 2.24) is 4.90 Å². The molecular weight excluding hydrogens is 434 g/mol. The van der Waals surface area contributed by atoms with E-state index in [1.807, 2.05) is 24.3 Å². The van der Waals surface area contributed by atoms with Crippen LogP contribution < -0.4 is 4.74 Å². The number of nitrogens with zero attached hydrogens (tertiary/aromatic N) is 1. The van der Waals surface area contributed by atoms with Gasteiger partial charge in [-0.3, -0.25) is 14.5 Å². The molecule has 0 aliphatic carbocycles. The van der Waals surface area contributed by atoms with Gasteiger partial charge >= 0.3 is 5.97 Å². The van der Waals surface area contributed by atoms with Gasteiger partial charge in [0.2, 0.25) is 0 Å². The molecule has 2 heterocycles. The smallest absolute Gasteiger partial charge is 0.335 e. The van der Waals surface area contributed by atoms with E-state index < -0.39 is 5.97 Å². The van der Waals surface area contributed by atoms with Gasteiger partial charge in [-0.2, -0.15) is 0 Å². The molecule has 3 aromatic rings. The van der Waals surface area contributed by atoms with Gasteiger partial charge in [0.25, 0.3) is 11.1 Å². The van der Waals surface area contributed by atoms with Gasteiger partial charge < -0.3 is 9.84 Å². The van der Waals surface area contributed by atoms with Gasteiger partial charge in [0, 0.05) is 9.75 Å². The molecule has 6 nitrogen and oxygen atoms in total. The summed E-state index contributed by atoms with van der Waals surface area (Å²) >= 11 is 2.40. The molecular formula is C23H17NO5S2. The van der Waals surface area contributed by atoms with E-state index in [4.69, 9.17) is 9.84 Å². The van der Waals surface area contributed by atoms with Crippen LogP contribution in [0.25, 0.3) is 16.5 Å². The second-order valence-electron chi connectivity index (χ2n) is 6.70. The van der Waals surface area contributed by atoms with Crippen molar-refractivity contribution in [3.63, 3.8) is 0 Å². The third kappa shape index (κ3) is 4.55. The third-order valence-electron chi connectivity index (χ3n) is 4.69. The molecule has 1 aromatic heterocycles. The number of ether oxygens (including phenoxy) is 1. The Balaban J connectivity index is 1.49. The number of carboxylic acid groups (broad SMARTS) is 1. The number of carbonyl (C=O) groups is 3. The quantitative estimate of drug-likeness (QED) is 0.508.